The molecule has 0 amide bonds. The lowest BCUT2D eigenvalue weighted by molar-refractivity contribution is 0.0964. The number of nitrogen functional groups attached to an aromatic ring is 1. The van der Waals surface area contributed by atoms with E-state index in [9.17, 15) is 9.18 Å². The molecule has 1 unspecified atom stereocenters. The van der Waals surface area contributed by atoms with Gasteiger partial charge in [0.1, 0.15) is 5.82 Å². The summed E-state index contributed by atoms with van der Waals surface area (Å²) in [6, 6.07) is 6.29. The number of anilines is 1. The summed E-state index contributed by atoms with van der Waals surface area (Å²) in [7, 11) is 1.79. The van der Waals surface area contributed by atoms with Crippen LogP contribution in [0.15, 0.2) is 30.5 Å². The number of ketones is 1. The van der Waals surface area contributed by atoms with E-state index in [2.05, 4.69) is 10.1 Å². The van der Waals surface area contributed by atoms with Gasteiger partial charge in [-0.15, -0.1) is 0 Å². The van der Waals surface area contributed by atoms with E-state index in [0.717, 1.165) is 5.56 Å². The van der Waals surface area contributed by atoms with Crippen LogP contribution >= 0.6 is 0 Å². The maximum Gasteiger partial charge on any atom is 0.167 e. The van der Waals surface area contributed by atoms with Gasteiger partial charge in [-0.3, -0.25) is 9.48 Å². The minimum atomic E-state index is -0.282. The number of hydrogen-bond donors (Lipinski definition) is 1. The summed E-state index contributed by atoms with van der Waals surface area (Å²) in [5, 5.41) is 4.87. The molecule has 2 aromatic heterocycles. The van der Waals surface area contributed by atoms with Gasteiger partial charge in [-0.1, -0.05) is 12.1 Å². The Bertz CT molecular complexity index is 930. The Morgan fingerprint density at radius 3 is 2.74 bits per heavy atom. The van der Waals surface area contributed by atoms with E-state index in [1.54, 1.807) is 30.1 Å². The Morgan fingerprint density at radius 1 is 1.26 bits per heavy atom. The third-order valence-electron chi connectivity index (χ3n) is 4.49. The molecule has 1 aliphatic rings. The normalized spacial score (nSPS) is 17.5. The van der Waals surface area contributed by atoms with Crippen LogP contribution in [0.2, 0.25) is 0 Å². The lowest BCUT2D eigenvalue weighted by Crippen LogP contribution is -2.22. The van der Waals surface area contributed by atoms with E-state index in [0.29, 0.717) is 40.8 Å². The highest BCUT2D eigenvalue weighted by Gasteiger charge is 2.30. The van der Waals surface area contributed by atoms with Crippen molar-refractivity contribution in [1.29, 1.82) is 0 Å². The molecule has 116 valence electrons. The Balaban J connectivity index is 1.83. The van der Waals surface area contributed by atoms with Crippen LogP contribution < -0.4 is 5.73 Å². The quantitative estimate of drug-likeness (QED) is 0.750. The molecule has 2 N–H and O–H groups in total. The molecule has 23 heavy (non-hydrogen) atoms. The topological polar surface area (TPSA) is 73.8 Å². The zero-order valence-electron chi connectivity index (χ0n) is 12.6. The minimum Gasteiger partial charge on any atom is -0.397 e. The molecule has 0 fully saturated rings. The average molecular weight is 310 g/mol. The number of aromatic nitrogens is 3. The van der Waals surface area contributed by atoms with Crippen LogP contribution in [-0.2, 0) is 13.5 Å². The molecule has 1 aromatic carbocycles. The van der Waals surface area contributed by atoms with Crippen molar-refractivity contribution < 1.29 is 9.18 Å². The first kappa shape index (κ1) is 13.9. The summed E-state index contributed by atoms with van der Waals surface area (Å²) in [5.41, 5.74) is 9.47. The molecule has 2 heterocycles. The van der Waals surface area contributed by atoms with Gasteiger partial charge in [-0.2, -0.15) is 5.10 Å². The Morgan fingerprint density at radius 2 is 2.00 bits per heavy atom. The number of pyridine rings is 1. The van der Waals surface area contributed by atoms with Crippen molar-refractivity contribution in [2.75, 3.05) is 5.73 Å². The number of Topliss-reactive ketones (excluding diaryl/α,β-unsaturated/α-hetero) is 1. The molecule has 5 nitrogen and oxygen atoms in total. The third-order valence-corrected chi connectivity index (χ3v) is 4.49. The third kappa shape index (κ3) is 2.10. The van der Waals surface area contributed by atoms with Crippen molar-refractivity contribution in [3.8, 4) is 0 Å². The molecule has 3 aromatic rings. The largest absolute Gasteiger partial charge is 0.397 e. The Hall–Kier alpha value is -2.76. The average Bonchev–Trinajstić information content (AvgIpc) is 2.89. The van der Waals surface area contributed by atoms with Crippen molar-refractivity contribution in [2.45, 2.75) is 18.8 Å². The lowest BCUT2D eigenvalue weighted by atomic mass is 9.81. The van der Waals surface area contributed by atoms with Crippen molar-refractivity contribution in [3.05, 3.63) is 53.1 Å². The molecule has 0 saturated heterocycles. The second-order valence-corrected chi connectivity index (χ2v) is 5.93. The fourth-order valence-electron chi connectivity index (χ4n) is 3.29. The fourth-order valence-corrected chi connectivity index (χ4v) is 3.29. The monoisotopic (exact) mass is 310 g/mol. The Labute approximate surface area is 131 Å². The number of nitrogens with zero attached hydrogens (tertiary/aromatic N) is 3. The molecule has 6 heteroatoms. The molecule has 0 bridgehead atoms. The van der Waals surface area contributed by atoms with Gasteiger partial charge in [0.15, 0.2) is 11.4 Å². The first-order valence-electron chi connectivity index (χ1n) is 7.43. The number of carbonyl (C=O) groups excluding carboxylic acids is 1. The van der Waals surface area contributed by atoms with Crippen LogP contribution in [0.5, 0.6) is 0 Å². The standard InChI is InChI=1S/C17H15FN4O/c1-22-17-12(8-20-22)16(19)15-13(21-17)6-10(7-14(15)23)9-2-4-11(18)5-3-9/h2-5,8,10H,6-7H2,1H3,(H2,19,21). The summed E-state index contributed by atoms with van der Waals surface area (Å²) >= 11 is 0. The highest BCUT2D eigenvalue weighted by atomic mass is 19.1. The van der Waals surface area contributed by atoms with Gasteiger partial charge in [0.05, 0.1) is 28.5 Å². The van der Waals surface area contributed by atoms with Gasteiger partial charge in [-0.25, -0.2) is 9.37 Å². The molecular formula is C17H15FN4O. The number of hydrogen-bond acceptors (Lipinski definition) is 4. The summed E-state index contributed by atoms with van der Waals surface area (Å²) in [4.78, 5) is 17.2. The second-order valence-electron chi connectivity index (χ2n) is 5.93. The van der Waals surface area contributed by atoms with Gasteiger partial charge in [0.2, 0.25) is 0 Å². The number of fused-ring (bicyclic) bond motifs is 2. The van der Waals surface area contributed by atoms with Crippen molar-refractivity contribution in [1.82, 2.24) is 14.8 Å². The predicted octanol–water partition coefficient (Wildman–Crippen LogP) is 2.60. The van der Waals surface area contributed by atoms with E-state index in [4.69, 9.17) is 5.73 Å². The highest BCUT2D eigenvalue weighted by molar-refractivity contribution is 6.08. The van der Waals surface area contributed by atoms with E-state index in [-0.39, 0.29) is 17.5 Å². The molecule has 1 aliphatic carbocycles. The van der Waals surface area contributed by atoms with Crippen LogP contribution in [-0.4, -0.2) is 20.5 Å². The first-order chi connectivity index (χ1) is 11.0. The number of rotatable bonds is 1. The summed E-state index contributed by atoms with van der Waals surface area (Å²) in [5.74, 6) is -0.306. The number of aryl methyl sites for hydroxylation is 1. The van der Waals surface area contributed by atoms with Crippen molar-refractivity contribution >= 4 is 22.5 Å². The van der Waals surface area contributed by atoms with Crippen LogP contribution in [0.3, 0.4) is 0 Å². The van der Waals surface area contributed by atoms with E-state index in [1.807, 2.05) is 0 Å². The van der Waals surface area contributed by atoms with Crippen LogP contribution in [0.25, 0.3) is 11.0 Å². The fraction of sp³-hybridized carbons (Fsp3) is 0.235. The van der Waals surface area contributed by atoms with Crippen LogP contribution in [0.4, 0.5) is 10.1 Å². The van der Waals surface area contributed by atoms with Crippen molar-refractivity contribution in [3.63, 3.8) is 0 Å². The summed E-state index contributed by atoms with van der Waals surface area (Å²) < 4.78 is 14.8. The van der Waals surface area contributed by atoms with Gasteiger partial charge in [0, 0.05) is 13.5 Å². The smallest absolute Gasteiger partial charge is 0.167 e. The molecule has 0 saturated carbocycles. The molecule has 4 rings (SSSR count). The molecular weight excluding hydrogens is 295 g/mol. The summed E-state index contributed by atoms with van der Waals surface area (Å²) in [6.07, 6.45) is 2.60. The summed E-state index contributed by atoms with van der Waals surface area (Å²) in [6.45, 7) is 0. The highest BCUT2D eigenvalue weighted by Crippen LogP contribution is 2.36. The van der Waals surface area contributed by atoms with Gasteiger partial charge >= 0.3 is 0 Å². The van der Waals surface area contributed by atoms with Gasteiger partial charge in [-0.05, 0) is 30.0 Å². The lowest BCUT2D eigenvalue weighted by Gasteiger charge is -2.24. The number of nitrogens with two attached hydrogens (primary N) is 1. The Kier molecular flexibility index (Phi) is 2.94. The van der Waals surface area contributed by atoms with Gasteiger partial charge in [0.25, 0.3) is 0 Å². The van der Waals surface area contributed by atoms with E-state index in [1.165, 1.54) is 12.1 Å². The molecule has 0 aliphatic heterocycles. The number of halogens is 1. The van der Waals surface area contributed by atoms with Crippen LogP contribution in [0, 0.1) is 5.82 Å². The first-order valence-corrected chi connectivity index (χ1v) is 7.43. The second kappa shape index (κ2) is 4.87. The molecule has 0 radical (unpaired) electrons. The minimum absolute atomic E-state index is 0.00632. The zero-order valence-corrected chi connectivity index (χ0v) is 12.6. The number of carbonyl (C=O) groups is 1. The SMILES string of the molecule is Cn1ncc2c(N)c3c(nc21)CC(c1ccc(F)cc1)CC3=O. The van der Waals surface area contributed by atoms with Crippen molar-refractivity contribution in [2.24, 2.45) is 7.05 Å². The predicted molar refractivity (Wildman–Crippen MR) is 84.7 cm³/mol. The van der Waals surface area contributed by atoms with E-state index < -0.39 is 0 Å². The van der Waals surface area contributed by atoms with Crippen LogP contribution in [0.1, 0.15) is 34.0 Å². The van der Waals surface area contributed by atoms with Gasteiger partial charge < -0.3 is 5.73 Å². The maximum absolute atomic E-state index is 13.1. The van der Waals surface area contributed by atoms with E-state index >= 15 is 0 Å². The maximum atomic E-state index is 13.1. The number of benzene rings is 1. The molecule has 1 atom stereocenters. The molecule has 0 spiro atoms. The zero-order chi connectivity index (χ0) is 16.1.